The molecule has 0 aromatic rings. The average molecular weight is 913 g/mol. The average Bonchev–Trinajstić information content (AvgIpc) is 3.25. The van der Waals surface area contributed by atoms with Crippen molar-refractivity contribution in [2.45, 2.75) is 237 Å². The number of allylic oxidation sites excluding steroid dienone is 8. The van der Waals surface area contributed by atoms with Gasteiger partial charge in [0.2, 0.25) is 0 Å². The van der Waals surface area contributed by atoms with Gasteiger partial charge in [-0.15, -0.1) is 0 Å². The highest BCUT2D eigenvalue weighted by atomic mass is 32.2. The number of esters is 2. The Labute approximate surface area is 382 Å². The van der Waals surface area contributed by atoms with E-state index in [4.69, 9.17) is 18.9 Å². The standard InChI is InChI=1S/C50H88O12S/c1-3-5-7-9-11-13-15-17-19-20-21-22-23-25-27-29-31-33-35-37-39-46(52)61-43(41-60-50-49(55)48(54)47(53)44(62-50)42-63(56,57)58)40-59-45(51)38-36-34-32-30-28-26-24-18-16-14-12-10-8-6-4-2/h6,8,10,12,14,16,18,24,43-44,47-50,53-55H,3-5,7,9,11,13,15,17,19-23,25-42H2,1-2H3,(H,56,57,58)/b8-6+,12-10+,16-14+,24-18+/t43-,44-,47-,48?,49?,50+/m1/s1. The summed E-state index contributed by atoms with van der Waals surface area (Å²) in [5.41, 5.74) is 0. The summed E-state index contributed by atoms with van der Waals surface area (Å²) >= 11 is 0. The molecule has 1 saturated heterocycles. The molecular formula is C50H88O12S. The molecule has 0 saturated carbocycles. The Balaban J connectivity index is 2.39. The summed E-state index contributed by atoms with van der Waals surface area (Å²) in [4.78, 5) is 25.5. The first-order valence-electron chi connectivity index (χ1n) is 24.7. The van der Waals surface area contributed by atoms with Crippen LogP contribution >= 0.6 is 0 Å². The fraction of sp³-hybridized carbons (Fsp3) is 0.800. The Morgan fingerprint density at radius 3 is 1.49 bits per heavy atom. The molecule has 0 aromatic heterocycles. The van der Waals surface area contributed by atoms with Crippen molar-refractivity contribution in [3.63, 3.8) is 0 Å². The maximum absolute atomic E-state index is 12.9. The van der Waals surface area contributed by atoms with Crippen LogP contribution in [0.3, 0.4) is 0 Å². The van der Waals surface area contributed by atoms with Gasteiger partial charge in [0.15, 0.2) is 12.4 Å². The van der Waals surface area contributed by atoms with E-state index in [2.05, 4.69) is 26.0 Å². The summed E-state index contributed by atoms with van der Waals surface area (Å²) < 4.78 is 54.2. The van der Waals surface area contributed by atoms with Gasteiger partial charge in [-0.05, 0) is 32.1 Å². The topological polar surface area (TPSA) is 186 Å². The fourth-order valence-electron chi connectivity index (χ4n) is 7.45. The second-order valence-electron chi connectivity index (χ2n) is 17.2. The van der Waals surface area contributed by atoms with E-state index in [1.54, 1.807) is 0 Å². The van der Waals surface area contributed by atoms with Crippen LogP contribution in [0, 0.1) is 0 Å². The van der Waals surface area contributed by atoms with E-state index < -0.39 is 71.2 Å². The van der Waals surface area contributed by atoms with Gasteiger partial charge in [0.05, 0.1) is 6.61 Å². The smallest absolute Gasteiger partial charge is 0.306 e. The Bertz CT molecular complexity index is 1350. The minimum Gasteiger partial charge on any atom is -0.462 e. The summed E-state index contributed by atoms with van der Waals surface area (Å²) in [5, 5.41) is 30.9. The number of carbonyl (C=O) groups is 2. The van der Waals surface area contributed by atoms with E-state index in [0.29, 0.717) is 12.8 Å². The molecule has 2 unspecified atom stereocenters. The summed E-state index contributed by atoms with van der Waals surface area (Å²) in [6.07, 6.45) is 38.7. The van der Waals surface area contributed by atoms with E-state index in [1.165, 1.54) is 103 Å². The molecule has 1 aliphatic rings. The third-order valence-electron chi connectivity index (χ3n) is 11.3. The van der Waals surface area contributed by atoms with Gasteiger partial charge >= 0.3 is 11.9 Å². The van der Waals surface area contributed by atoms with E-state index in [0.717, 1.165) is 57.8 Å². The van der Waals surface area contributed by atoms with Crippen LogP contribution in [-0.2, 0) is 38.7 Å². The zero-order valence-corrected chi connectivity index (χ0v) is 40.0. The molecule has 1 heterocycles. The monoisotopic (exact) mass is 913 g/mol. The number of rotatable bonds is 41. The molecule has 0 radical (unpaired) electrons. The van der Waals surface area contributed by atoms with Crippen LogP contribution in [0.2, 0.25) is 0 Å². The molecular weight excluding hydrogens is 825 g/mol. The van der Waals surface area contributed by atoms with E-state index in [9.17, 15) is 37.9 Å². The molecule has 1 aliphatic heterocycles. The van der Waals surface area contributed by atoms with Crippen LogP contribution in [0.4, 0.5) is 0 Å². The minimum atomic E-state index is -4.61. The van der Waals surface area contributed by atoms with Crippen molar-refractivity contribution in [1.29, 1.82) is 0 Å². The molecule has 0 aliphatic carbocycles. The van der Waals surface area contributed by atoms with E-state index in [-0.39, 0.29) is 19.4 Å². The first-order valence-corrected chi connectivity index (χ1v) is 26.4. The Morgan fingerprint density at radius 1 is 0.556 bits per heavy atom. The van der Waals surface area contributed by atoms with Crippen molar-refractivity contribution >= 4 is 22.1 Å². The highest BCUT2D eigenvalue weighted by molar-refractivity contribution is 7.85. The lowest BCUT2D eigenvalue weighted by Crippen LogP contribution is -2.60. The maximum atomic E-state index is 12.9. The molecule has 1 rings (SSSR count). The highest BCUT2D eigenvalue weighted by Gasteiger charge is 2.46. The molecule has 63 heavy (non-hydrogen) atoms. The van der Waals surface area contributed by atoms with Crippen LogP contribution < -0.4 is 0 Å². The molecule has 12 nitrogen and oxygen atoms in total. The van der Waals surface area contributed by atoms with Gasteiger partial charge in [0, 0.05) is 12.8 Å². The van der Waals surface area contributed by atoms with Gasteiger partial charge in [-0.1, -0.05) is 204 Å². The maximum Gasteiger partial charge on any atom is 0.306 e. The zero-order valence-electron chi connectivity index (χ0n) is 39.2. The summed E-state index contributed by atoms with van der Waals surface area (Å²) in [6.45, 7) is 3.62. The third kappa shape index (κ3) is 34.6. The van der Waals surface area contributed by atoms with Gasteiger partial charge in [-0.2, -0.15) is 8.42 Å². The number of aliphatic hydroxyl groups is 3. The minimum absolute atomic E-state index is 0.161. The number of unbranched alkanes of at least 4 members (excludes halogenated alkanes) is 24. The Morgan fingerprint density at radius 2 is 1.00 bits per heavy atom. The Hall–Kier alpha value is -2.39. The second-order valence-corrected chi connectivity index (χ2v) is 18.7. The summed E-state index contributed by atoms with van der Waals surface area (Å²) in [5.74, 6) is -2.01. The fourth-order valence-corrected chi connectivity index (χ4v) is 8.14. The van der Waals surface area contributed by atoms with Crippen molar-refractivity contribution in [1.82, 2.24) is 0 Å². The molecule has 0 aromatic carbocycles. The zero-order chi connectivity index (χ0) is 46.2. The third-order valence-corrected chi connectivity index (χ3v) is 12.0. The molecule has 6 atom stereocenters. The van der Waals surface area contributed by atoms with Crippen LogP contribution in [-0.4, -0.2) is 96.0 Å². The Kier molecular flexibility index (Phi) is 37.2. The lowest BCUT2D eigenvalue weighted by atomic mass is 10.00. The second kappa shape index (κ2) is 39.9. The number of aliphatic hydroxyl groups excluding tert-OH is 3. The molecule has 366 valence electrons. The van der Waals surface area contributed by atoms with Gasteiger partial charge in [0.25, 0.3) is 10.1 Å². The van der Waals surface area contributed by atoms with E-state index >= 15 is 0 Å². The SMILES string of the molecule is CC/C=C/C=C/C=C/C=C/CCCCCCCC(=O)OC[C@H](CO[C@H]1O[C@H](CS(=O)(=O)O)[C@@H](O)C(O)C1O)OC(=O)CCCCCCCCCCCCCCCCCCCCCC. The molecule has 0 amide bonds. The molecule has 1 fully saturated rings. The number of ether oxygens (including phenoxy) is 4. The quantitative estimate of drug-likeness (QED) is 0.0197. The molecule has 4 N–H and O–H groups in total. The van der Waals surface area contributed by atoms with Crippen molar-refractivity contribution < 1.29 is 56.8 Å². The van der Waals surface area contributed by atoms with Crippen LogP contribution in [0.25, 0.3) is 0 Å². The van der Waals surface area contributed by atoms with Crippen molar-refractivity contribution in [3.05, 3.63) is 48.6 Å². The lowest BCUT2D eigenvalue weighted by molar-refractivity contribution is -0.297. The van der Waals surface area contributed by atoms with Crippen molar-refractivity contribution in [2.24, 2.45) is 0 Å². The molecule has 0 bridgehead atoms. The van der Waals surface area contributed by atoms with Crippen molar-refractivity contribution in [3.8, 4) is 0 Å². The van der Waals surface area contributed by atoms with Crippen LogP contribution in [0.15, 0.2) is 48.6 Å². The van der Waals surface area contributed by atoms with Gasteiger partial charge in [0.1, 0.15) is 36.8 Å². The van der Waals surface area contributed by atoms with Crippen LogP contribution in [0.1, 0.15) is 200 Å². The van der Waals surface area contributed by atoms with Gasteiger partial charge in [-0.3, -0.25) is 14.1 Å². The van der Waals surface area contributed by atoms with E-state index in [1.807, 2.05) is 36.5 Å². The molecule has 13 heteroatoms. The number of hydrogen-bond acceptors (Lipinski definition) is 11. The summed E-state index contributed by atoms with van der Waals surface area (Å²) in [6, 6.07) is 0. The first kappa shape index (κ1) is 58.6. The highest BCUT2D eigenvalue weighted by Crippen LogP contribution is 2.24. The van der Waals surface area contributed by atoms with Crippen molar-refractivity contribution in [2.75, 3.05) is 19.0 Å². The summed E-state index contributed by atoms with van der Waals surface area (Å²) in [7, 11) is -4.61. The number of carbonyl (C=O) groups excluding carboxylic acids is 2. The van der Waals surface area contributed by atoms with Gasteiger partial charge < -0.3 is 34.3 Å². The normalized spacial score (nSPS) is 20.1. The molecule has 0 spiro atoms. The number of hydrogen-bond donors (Lipinski definition) is 4. The van der Waals surface area contributed by atoms with Crippen LogP contribution in [0.5, 0.6) is 0 Å². The largest absolute Gasteiger partial charge is 0.462 e. The van der Waals surface area contributed by atoms with Gasteiger partial charge in [-0.25, -0.2) is 0 Å². The predicted molar refractivity (Wildman–Crippen MR) is 252 cm³/mol. The predicted octanol–water partition coefficient (Wildman–Crippen LogP) is 10.7. The first-order chi connectivity index (χ1) is 30.5. The lowest BCUT2D eigenvalue weighted by Gasteiger charge is -2.40.